The van der Waals surface area contributed by atoms with Gasteiger partial charge in [0.05, 0.1) is 12.5 Å². The van der Waals surface area contributed by atoms with E-state index in [4.69, 9.17) is 4.74 Å². The summed E-state index contributed by atoms with van der Waals surface area (Å²) in [5, 5.41) is 0. The summed E-state index contributed by atoms with van der Waals surface area (Å²) in [7, 11) is 0. The second-order valence-corrected chi connectivity index (χ2v) is 8.54. The van der Waals surface area contributed by atoms with E-state index in [-0.39, 0.29) is 34.9 Å². The molecule has 1 fully saturated rings. The highest BCUT2D eigenvalue weighted by Gasteiger charge is 2.50. The average molecular weight is 406 g/mol. The van der Waals surface area contributed by atoms with Gasteiger partial charge in [-0.1, -0.05) is 40.2 Å². The molecule has 29 heavy (non-hydrogen) atoms. The fraction of sp³-hybridized carbons (Fsp3) is 0.667. The first kappa shape index (κ1) is 23.4. The zero-order valence-corrected chi connectivity index (χ0v) is 18.6. The van der Waals surface area contributed by atoms with Crippen LogP contribution in [0.4, 0.5) is 10.1 Å². The Morgan fingerprint density at radius 1 is 1.24 bits per heavy atom. The van der Waals surface area contributed by atoms with E-state index in [0.717, 1.165) is 37.9 Å². The van der Waals surface area contributed by atoms with Crippen LogP contribution in [0.1, 0.15) is 84.6 Å². The summed E-state index contributed by atoms with van der Waals surface area (Å²) in [4.78, 5) is 26.5. The summed E-state index contributed by atoms with van der Waals surface area (Å²) in [6.45, 7) is 11.3. The fourth-order valence-electron chi connectivity index (χ4n) is 4.71. The second kappa shape index (κ2) is 10.2. The molecule has 162 valence electrons. The lowest BCUT2D eigenvalue weighted by Crippen LogP contribution is -2.45. The monoisotopic (exact) mass is 405 g/mol. The molecule has 0 N–H and O–H groups in total. The van der Waals surface area contributed by atoms with Gasteiger partial charge in [0.2, 0.25) is 0 Å². The number of anilines is 1. The first-order valence-corrected chi connectivity index (χ1v) is 11.1. The number of hydrogen-bond acceptors (Lipinski definition) is 4. The third-order valence-electron chi connectivity index (χ3n) is 5.78. The molecule has 1 aliphatic carbocycles. The maximum absolute atomic E-state index is 14.6. The van der Waals surface area contributed by atoms with Gasteiger partial charge in [-0.25, -0.2) is 4.39 Å². The molecular formula is C24H36FNO3. The molecule has 3 rings (SSSR count). The maximum atomic E-state index is 14.6. The molecule has 0 amide bonds. The Kier molecular flexibility index (Phi) is 8.23. The maximum Gasteiger partial charge on any atom is 0.305 e. The number of ketones is 1. The van der Waals surface area contributed by atoms with Gasteiger partial charge in [0.1, 0.15) is 11.6 Å². The minimum atomic E-state index is -0.339. The topological polar surface area (TPSA) is 46.6 Å². The predicted molar refractivity (Wildman–Crippen MR) is 115 cm³/mol. The number of carbonyl (C=O) groups excluding carboxylic acids is 2. The lowest BCUT2D eigenvalue weighted by Gasteiger charge is -2.40. The van der Waals surface area contributed by atoms with Crippen LogP contribution >= 0.6 is 0 Å². The third-order valence-corrected chi connectivity index (χ3v) is 5.78. The van der Waals surface area contributed by atoms with E-state index < -0.39 is 0 Å². The highest BCUT2D eigenvalue weighted by atomic mass is 19.1. The Labute approximate surface area is 174 Å². The van der Waals surface area contributed by atoms with Crippen LogP contribution in [0.15, 0.2) is 18.2 Å². The van der Waals surface area contributed by atoms with Gasteiger partial charge >= 0.3 is 5.97 Å². The third kappa shape index (κ3) is 5.37. The zero-order chi connectivity index (χ0) is 21.6. The van der Waals surface area contributed by atoms with Crippen LogP contribution in [0.5, 0.6) is 0 Å². The molecule has 1 aromatic carbocycles. The molecule has 5 heteroatoms. The van der Waals surface area contributed by atoms with Gasteiger partial charge in [0, 0.05) is 36.7 Å². The van der Waals surface area contributed by atoms with Crippen molar-refractivity contribution in [2.24, 2.45) is 5.41 Å². The van der Waals surface area contributed by atoms with Crippen molar-refractivity contribution in [3.05, 3.63) is 29.6 Å². The number of halogens is 1. The van der Waals surface area contributed by atoms with Crippen molar-refractivity contribution in [3.8, 4) is 0 Å². The highest BCUT2D eigenvalue weighted by Crippen LogP contribution is 2.51. The SMILES string of the molecule is CC.CCOC(=O)CCCCCN1c2cccc(F)c2C2C(=O)CC(C)(C)CC21. The molecule has 1 aromatic rings. The Balaban J connectivity index is 0.00000145. The first-order chi connectivity index (χ1) is 13.8. The number of nitrogens with zero attached hydrogens (tertiary/aromatic N) is 1. The molecule has 0 radical (unpaired) electrons. The molecule has 0 aromatic heterocycles. The van der Waals surface area contributed by atoms with Gasteiger partial charge in [-0.15, -0.1) is 0 Å². The van der Waals surface area contributed by atoms with Crippen molar-refractivity contribution < 1.29 is 18.7 Å². The van der Waals surface area contributed by atoms with Crippen LogP contribution in [0.3, 0.4) is 0 Å². The molecule has 0 saturated heterocycles. The molecule has 4 nitrogen and oxygen atoms in total. The standard InChI is InChI=1S/C22H30FNO3.C2H6/c1-4-27-19(26)11-6-5-7-12-24-16-10-8-9-15(23)20(16)21-17(24)13-22(2,3)14-18(21)25;1-2/h8-10,17,21H,4-7,11-14H2,1-3H3;1-2H3. The minimum absolute atomic E-state index is 0.0400. The molecule has 1 heterocycles. The summed E-state index contributed by atoms with van der Waals surface area (Å²) in [5.74, 6) is -0.590. The Hall–Kier alpha value is -1.91. The molecule has 0 spiro atoms. The van der Waals surface area contributed by atoms with Gasteiger partial charge in [-0.05, 0) is 43.7 Å². The fourth-order valence-corrected chi connectivity index (χ4v) is 4.71. The molecule has 2 aliphatic rings. The lowest BCUT2D eigenvalue weighted by atomic mass is 9.69. The van der Waals surface area contributed by atoms with Crippen LogP contribution in [0, 0.1) is 11.2 Å². The summed E-state index contributed by atoms with van der Waals surface area (Å²) >= 11 is 0. The number of unbranched alkanes of at least 4 members (excludes halogenated alkanes) is 2. The number of benzene rings is 1. The normalized spacial score (nSPS) is 21.7. The predicted octanol–water partition coefficient (Wildman–Crippen LogP) is 5.64. The van der Waals surface area contributed by atoms with Crippen LogP contribution in [0.2, 0.25) is 0 Å². The Morgan fingerprint density at radius 2 is 1.97 bits per heavy atom. The van der Waals surface area contributed by atoms with Gasteiger partial charge in [0.25, 0.3) is 0 Å². The number of Topliss-reactive ketones (excluding diaryl/α,β-unsaturated/α-hetero) is 1. The second-order valence-electron chi connectivity index (χ2n) is 8.54. The smallest absolute Gasteiger partial charge is 0.305 e. The number of rotatable bonds is 7. The molecule has 2 unspecified atom stereocenters. The van der Waals surface area contributed by atoms with Crippen LogP contribution in [-0.4, -0.2) is 30.9 Å². The number of esters is 1. The molecule has 2 atom stereocenters. The van der Waals surface area contributed by atoms with Crippen molar-refractivity contribution in [2.75, 3.05) is 18.1 Å². The van der Waals surface area contributed by atoms with Gasteiger partial charge < -0.3 is 9.64 Å². The van der Waals surface area contributed by atoms with Crippen molar-refractivity contribution in [1.82, 2.24) is 0 Å². The number of fused-ring (bicyclic) bond motifs is 3. The van der Waals surface area contributed by atoms with Crippen LogP contribution in [0.25, 0.3) is 0 Å². The van der Waals surface area contributed by atoms with E-state index in [1.807, 2.05) is 26.8 Å². The van der Waals surface area contributed by atoms with E-state index in [1.165, 1.54) is 6.07 Å². The summed E-state index contributed by atoms with van der Waals surface area (Å²) in [6, 6.07) is 5.18. The zero-order valence-electron chi connectivity index (χ0n) is 18.6. The molecule has 1 aliphatic heterocycles. The highest BCUT2D eigenvalue weighted by molar-refractivity contribution is 5.92. The summed E-state index contributed by atoms with van der Waals surface area (Å²) in [5.41, 5.74) is 1.41. The number of carbonyl (C=O) groups is 2. The van der Waals surface area contributed by atoms with Gasteiger partial charge in [-0.3, -0.25) is 9.59 Å². The Bertz CT molecular complexity index is 716. The van der Waals surface area contributed by atoms with Crippen molar-refractivity contribution in [3.63, 3.8) is 0 Å². The van der Waals surface area contributed by atoms with Gasteiger partial charge in [-0.2, -0.15) is 0 Å². The van der Waals surface area contributed by atoms with Crippen LogP contribution in [-0.2, 0) is 14.3 Å². The summed E-state index contributed by atoms with van der Waals surface area (Å²) in [6.07, 6.45) is 4.45. The van der Waals surface area contributed by atoms with E-state index in [1.54, 1.807) is 6.07 Å². The van der Waals surface area contributed by atoms with Crippen LogP contribution < -0.4 is 4.90 Å². The quantitative estimate of drug-likeness (QED) is 0.435. The van der Waals surface area contributed by atoms with Crippen molar-refractivity contribution in [1.29, 1.82) is 0 Å². The number of ether oxygens (including phenoxy) is 1. The minimum Gasteiger partial charge on any atom is -0.466 e. The molecule has 1 saturated carbocycles. The van der Waals surface area contributed by atoms with Crippen molar-refractivity contribution >= 4 is 17.4 Å². The van der Waals surface area contributed by atoms with Crippen molar-refractivity contribution in [2.45, 2.75) is 85.1 Å². The van der Waals surface area contributed by atoms with E-state index in [9.17, 15) is 14.0 Å². The first-order valence-electron chi connectivity index (χ1n) is 11.1. The van der Waals surface area contributed by atoms with Gasteiger partial charge in [0.15, 0.2) is 0 Å². The summed E-state index contributed by atoms with van der Waals surface area (Å²) < 4.78 is 19.5. The van der Waals surface area contributed by atoms with E-state index in [2.05, 4.69) is 18.7 Å². The van der Waals surface area contributed by atoms with E-state index in [0.29, 0.717) is 25.0 Å². The average Bonchev–Trinajstić information content (AvgIpc) is 2.97. The van der Waals surface area contributed by atoms with E-state index >= 15 is 0 Å². The largest absolute Gasteiger partial charge is 0.466 e. The molecular weight excluding hydrogens is 369 g/mol. The Morgan fingerprint density at radius 3 is 2.66 bits per heavy atom. The number of hydrogen-bond donors (Lipinski definition) is 0. The lowest BCUT2D eigenvalue weighted by molar-refractivity contribution is -0.143. The molecule has 0 bridgehead atoms.